The van der Waals surface area contributed by atoms with Gasteiger partial charge in [-0.1, -0.05) is 61.7 Å². The third-order valence-corrected chi connectivity index (χ3v) is 9.10. The molecule has 1 aliphatic carbocycles. The van der Waals surface area contributed by atoms with Gasteiger partial charge in [0.25, 0.3) is 0 Å². The first-order valence-electron chi connectivity index (χ1n) is 14.0. The Morgan fingerprint density at radius 3 is 2.61 bits per heavy atom. The fourth-order valence-corrected chi connectivity index (χ4v) is 7.07. The molecule has 2 heterocycles. The van der Waals surface area contributed by atoms with Crippen LogP contribution in [0, 0.1) is 5.92 Å². The van der Waals surface area contributed by atoms with Crippen molar-refractivity contribution in [3.8, 4) is 11.1 Å². The molecule has 5 rings (SSSR count). The maximum atomic E-state index is 14.1. The van der Waals surface area contributed by atoms with E-state index in [1.165, 1.54) is 6.42 Å². The van der Waals surface area contributed by atoms with E-state index >= 15 is 0 Å². The van der Waals surface area contributed by atoms with E-state index < -0.39 is 12.1 Å². The third kappa shape index (κ3) is 5.77. The Bertz CT molecular complexity index is 1240. The molecule has 1 saturated carbocycles. The van der Waals surface area contributed by atoms with Crippen LogP contribution in [0.4, 0.5) is 0 Å². The molecule has 1 saturated heterocycles. The highest BCUT2D eigenvalue weighted by atomic mass is 32.1. The summed E-state index contributed by atoms with van der Waals surface area (Å²) in [6.45, 7) is 2.76. The van der Waals surface area contributed by atoms with E-state index in [-0.39, 0.29) is 30.4 Å². The first-order chi connectivity index (χ1) is 18.6. The quantitative estimate of drug-likeness (QED) is 0.371. The number of hydrogen-bond acceptors (Lipinski definition) is 6. The first-order valence-corrected chi connectivity index (χ1v) is 14.8. The van der Waals surface area contributed by atoms with Crippen LogP contribution in [0.5, 0.6) is 0 Å². The van der Waals surface area contributed by atoms with E-state index in [9.17, 15) is 9.59 Å². The normalized spacial score (nSPS) is 19.9. The van der Waals surface area contributed by atoms with Crippen LogP contribution in [0.25, 0.3) is 21.3 Å². The van der Waals surface area contributed by atoms with Crippen LogP contribution >= 0.6 is 11.3 Å². The van der Waals surface area contributed by atoms with Gasteiger partial charge < -0.3 is 20.6 Å². The molecular formula is C30H38N4O3S. The number of rotatable bonds is 9. The summed E-state index contributed by atoms with van der Waals surface area (Å²) in [6, 6.07) is 15.5. The van der Waals surface area contributed by atoms with Crippen LogP contribution in [0.2, 0.25) is 0 Å². The van der Waals surface area contributed by atoms with Gasteiger partial charge in [0.05, 0.1) is 28.9 Å². The Balaban J connectivity index is 1.40. The minimum atomic E-state index is -0.531. The molecule has 3 atom stereocenters. The molecule has 3 N–H and O–H groups in total. The molecule has 202 valence electrons. The Morgan fingerprint density at radius 2 is 1.84 bits per heavy atom. The molecule has 2 aliphatic rings. The van der Waals surface area contributed by atoms with Gasteiger partial charge >= 0.3 is 0 Å². The average molecular weight is 535 g/mol. The second-order valence-corrected chi connectivity index (χ2v) is 11.6. The second-order valence-electron chi connectivity index (χ2n) is 10.5. The van der Waals surface area contributed by atoms with Crippen LogP contribution in [0.3, 0.4) is 0 Å². The van der Waals surface area contributed by atoms with E-state index in [4.69, 9.17) is 10.1 Å². The van der Waals surface area contributed by atoms with Gasteiger partial charge in [0.15, 0.2) is 0 Å². The highest BCUT2D eigenvalue weighted by molar-refractivity contribution is 7.18. The number of carbonyl (C=O) groups excluding carboxylic acids is 2. The molecule has 1 aromatic heterocycles. The molecule has 7 nitrogen and oxygen atoms in total. The minimum absolute atomic E-state index is 0.0182. The van der Waals surface area contributed by atoms with Crippen molar-refractivity contribution < 1.29 is 14.7 Å². The predicted molar refractivity (Wildman–Crippen MR) is 152 cm³/mol. The van der Waals surface area contributed by atoms with Gasteiger partial charge in [-0.3, -0.25) is 9.59 Å². The van der Waals surface area contributed by atoms with Crippen LogP contribution in [0.15, 0.2) is 48.5 Å². The number of benzene rings is 2. The van der Waals surface area contributed by atoms with Crippen LogP contribution < -0.4 is 10.6 Å². The average Bonchev–Trinajstić information content (AvgIpc) is 3.62. The second kappa shape index (κ2) is 12.4. The van der Waals surface area contributed by atoms with Crippen molar-refractivity contribution in [1.29, 1.82) is 0 Å². The van der Waals surface area contributed by atoms with Crippen molar-refractivity contribution in [2.24, 2.45) is 5.92 Å². The number of thiazole rings is 1. The molecule has 2 fully saturated rings. The van der Waals surface area contributed by atoms with E-state index in [1.807, 2.05) is 23.1 Å². The molecular weight excluding hydrogens is 496 g/mol. The molecule has 0 spiro atoms. The lowest BCUT2D eigenvalue weighted by Gasteiger charge is -2.35. The number of amides is 2. The lowest BCUT2D eigenvalue weighted by Crippen LogP contribution is -2.56. The van der Waals surface area contributed by atoms with Crippen molar-refractivity contribution in [3.05, 3.63) is 53.5 Å². The number of hydrogen-bond donors (Lipinski definition) is 3. The maximum Gasteiger partial charge on any atom is 0.246 e. The lowest BCUT2D eigenvalue weighted by molar-refractivity contribution is -0.139. The molecule has 8 heteroatoms. The maximum absolute atomic E-state index is 14.1. The summed E-state index contributed by atoms with van der Waals surface area (Å²) in [7, 11) is 0. The lowest BCUT2D eigenvalue weighted by atomic mass is 9.83. The molecule has 3 aromatic rings. The van der Waals surface area contributed by atoms with E-state index in [0.717, 1.165) is 64.9 Å². The Morgan fingerprint density at radius 1 is 1.05 bits per heavy atom. The number of aliphatic hydroxyl groups is 1. The molecule has 0 bridgehead atoms. The van der Waals surface area contributed by atoms with Gasteiger partial charge in [0.1, 0.15) is 11.0 Å². The Hall–Kier alpha value is -2.81. The summed E-state index contributed by atoms with van der Waals surface area (Å²) >= 11 is 1.67. The first kappa shape index (κ1) is 26.8. The fourth-order valence-electron chi connectivity index (χ4n) is 5.93. The van der Waals surface area contributed by atoms with Crippen molar-refractivity contribution in [1.82, 2.24) is 20.5 Å². The van der Waals surface area contributed by atoms with Crippen molar-refractivity contribution in [3.63, 3.8) is 0 Å². The molecule has 1 aliphatic heterocycles. The molecule has 0 radical (unpaired) electrons. The third-order valence-electron chi connectivity index (χ3n) is 7.98. The summed E-state index contributed by atoms with van der Waals surface area (Å²) in [6.07, 6.45) is 7.08. The largest absolute Gasteiger partial charge is 0.395 e. The number of para-hydroxylation sites is 1. The van der Waals surface area contributed by atoms with E-state index in [1.54, 1.807) is 18.3 Å². The molecule has 38 heavy (non-hydrogen) atoms. The topological polar surface area (TPSA) is 94.6 Å². The monoisotopic (exact) mass is 534 g/mol. The van der Waals surface area contributed by atoms with Gasteiger partial charge in [-0.05, 0) is 50.2 Å². The van der Waals surface area contributed by atoms with Gasteiger partial charge in [0, 0.05) is 18.7 Å². The summed E-state index contributed by atoms with van der Waals surface area (Å²) in [5.41, 5.74) is 3.23. The van der Waals surface area contributed by atoms with Gasteiger partial charge in [-0.25, -0.2) is 4.98 Å². The Kier molecular flexibility index (Phi) is 8.72. The zero-order chi connectivity index (χ0) is 26.5. The molecule has 2 aromatic carbocycles. The molecule has 2 amide bonds. The van der Waals surface area contributed by atoms with Gasteiger partial charge in [-0.15, -0.1) is 11.3 Å². The highest BCUT2D eigenvalue weighted by Crippen LogP contribution is 2.40. The van der Waals surface area contributed by atoms with Crippen molar-refractivity contribution in [2.45, 2.75) is 70.0 Å². The van der Waals surface area contributed by atoms with Crippen LogP contribution in [0.1, 0.15) is 62.9 Å². The summed E-state index contributed by atoms with van der Waals surface area (Å²) < 4.78 is 1.13. The van der Waals surface area contributed by atoms with Gasteiger partial charge in [0.2, 0.25) is 11.8 Å². The number of likely N-dealkylation sites (tertiary alicyclic amines) is 1. The number of nitrogens with zero attached hydrogens (tertiary/aromatic N) is 2. The summed E-state index contributed by atoms with van der Waals surface area (Å²) in [5, 5.41) is 16.2. The number of nitrogens with one attached hydrogen (secondary N) is 2. The molecule has 1 unspecified atom stereocenters. The van der Waals surface area contributed by atoms with E-state index in [0.29, 0.717) is 13.1 Å². The standard InChI is InChI=1S/C30H38N4O3S/c1-20(31-17-19-35)28(36)32-26(22-12-6-3-7-13-22)30(37)34-18-9-15-24(34)29-33-27-23(14-8-16-25(27)38-29)21-10-4-2-5-11-21/h2,4-5,8,10-11,14,16,20,22,24,26,31,35H,3,6-7,9,12-13,15,17-19H2,1H3,(H,32,36)/t20-,24?,26-/m0/s1. The zero-order valence-electron chi connectivity index (χ0n) is 22.1. The fraction of sp³-hybridized carbons (Fsp3) is 0.500. The van der Waals surface area contributed by atoms with Gasteiger partial charge in [-0.2, -0.15) is 0 Å². The van der Waals surface area contributed by atoms with Crippen LogP contribution in [-0.4, -0.2) is 58.6 Å². The SMILES string of the molecule is C[C@H](NCCO)C(=O)N[C@H](C(=O)N1CCCC1c1nc2c(-c3ccccc3)cccc2s1)C1CCCCC1. The highest BCUT2D eigenvalue weighted by Gasteiger charge is 2.40. The Labute approximate surface area is 228 Å². The smallest absolute Gasteiger partial charge is 0.246 e. The van der Waals surface area contributed by atoms with Crippen LogP contribution in [-0.2, 0) is 9.59 Å². The minimum Gasteiger partial charge on any atom is -0.395 e. The number of carbonyl (C=O) groups is 2. The van der Waals surface area contributed by atoms with Crippen molar-refractivity contribution in [2.75, 3.05) is 19.7 Å². The summed E-state index contributed by atoms with van der Waals surface area (Å²) in [5.74, 6) is -0.0261. The summed E-state index contributed by atoms with van der Waals surface area (Å²) in [4.78, 5) is 34.2. The van der Waals surface area contributed by atoms with E-state index in [2.05, 4.69) is 41.0 Å². The number of fused-ring (bicyclic) bond motifs is 1. The number of aromatic nitrogens is 1. The van der Waals surface area contributed by atoms with Crippen molar-refractivity contribution >= 4 is 33.4 Å². The predicted octanol–water partition coefficient (Wildman–Crippen LogP) is 4.66. The zero-order valence-corrected chi connectivity index (χ0v) is 22.9. The number of aliphatic hydroxyl groups excluding tert-OH is 1.